The molecule has 138 valence electrons. The number of rotatable bonds is 3. The minimum absolute atomic E-state index is 0.0145. The molecule has 0 saturated carbocycles. The lowest BCUT2D eigenvalue weighted by molar-refractivity contribution is -0.139. The first-order valence-corrected chi connectivity index (χ1v) is 8.78. The molecule has 1 fully saturated rings. The summed E-state index contributed by atoms with van der Waals surface area (Å²) in [5.41, 5.74) is 1.82. The van der Waals surface area contributed by atoms with E-state index in [2.05, 4.69) is 0 Å². The van der Waals surface area contributed by atoms with E-state index in [9.17, 15) is 14.4 Å². The second-order valence-corrected chi connectivity index (χ2v) is 6.63. The smallest absolute Gasteiger partial charge is 0.408 e. The molecule has 1 aromatic heterocycles. The highest BCUT2D eigenvalue weighted by molar-refractivity contribution is 5.98. The highest BCUT2D eigenvalue weighted by atomic mass is 16.4. The van der Waals surface area contributed by atoms with Gasteiger partial charge < -0.3 is 14.2 Å². The molecule has 0 N–H and O–H groups in total. The molecule has 0 spiro atoms. The molecule has 1 saturated heterocycles. The summed E-state index contributed by atoms with van der Waals surface area (Å²) in [6.45, 7) is 2.14. The summed E-state index contributed by atoms with van der Waals surface area (Å²) < 4.78 is 6.48. The summed E-state index contributed by atoms with van der Waals surface area (Å²) in [4.78, 5) is 40.7. The van der Waals surface area contributed by atoms with Crippen molar-refractivity contribution in [3.8, 4) is 0 Å². The van der Waals surface area contributed by atoms with Crippen LogP contribution in [0.15, 0.2) is 63.8 Å². The number of hydrogen-bond acceptors (Lipinski definition) is 4. The molecule has 7 nitrogen and oxygen atoms in total. The van der Waals surface area contributed by atoms with Gasteiger partial charge in [0, 0.05) is 18.3 Å². The lowest BCUT2D eigenvalue weighted by atomic mass is 10.1. The molecule has 0 radical (unpaired) electrons. The van der Waals surface area contributed by atoms with Gasteiger partial charge in [0.15, 0.2) is 5.58 Å². The third-order valence-electron chi connectivity index (χ3n) is 4.84. The van der Waals surface area contributed by atoms with Crippen LogP contribution in [-0.2, 0) is 16.1 Å². The number of hydrogen-bond donors (Lipinski definition) is 0. The SMILES string of the molecule is C[C@@H]1CN(c2ccccc2)C(=O)CN1C(=O)Cn1c(=O)oc2ccccc21. The van der Waals surface area contributed by atoms with E-state index in [1.165, 1.54) is 9.47 Å². The normalized spacial score (nSPS) is 17.5. The van der Waals surface area contributed by atoms with E-state index in [0.29, 0.717) is 17.6 Å². The summed E-state index contributed by atoms with van der Waals surface area (Å²) in [5, 5.41) is 0. The van der Waals surface area contributed by atoms with Crippen molar-refractivity contribution >= 4 is 28.6 Å². The van der Waals surface area contributed by atoms with Gasteiger partial charge >= 0.3 is 5.76 Å². The van der Waals surface area contributed by atoms with E-state index < -0.39 is 5.76 Å². The number of oxazole rings is 1. The van der Waals surface area contributed by atoms with Crippen molar-refractivity contribution in [2.75, 3.05) is 18.0 Å². The number of piperazine rings is 1. The van der Waals surface area contributed by atoms with E-state index in [1.807, 2.05) is 37.3 Å². The van der Waals surface area contributed by atoms with E-state index in [0.717, 1.165) is 5.69 Å². The number of aromatic nitrogens is 1. The highest BCUT2D eigenvalue weighted by Crippen LogP contribution is 2.20. The summed E-state index contributed by atoms with van der Waals surface area (Å²) in [5.74, 6) is -0.999. The Morgan fingerprint density at radius 1 is 1.07 bits per heavy atom. The van der Waals surface area contributed by atoms with Crippen molar-refractivity contribution in [2.24, 2.45) is 0 Å². The van der Waals surface area contributed by atoms with Crippen LogP contribution in [0.4, 0.5) is 5.69 Å². The predicted octanol–water partition coefficient (Wildman–Crippen LogP) is 1.86. The van der Waals surface area contributed by atoms with Gasteiger partial charge in [-0.1, -0.05) is 30.3 Å². The summed E-state index contributed by atoms with van der Waals surface area (Å²) in [7, 11) is 0. The fourth-order valence-corrected chi connectivity index (χ4v) is 3.43. The maximum Gasteiger partial charge on any atom is 0.420 e. The number of amides is 2. The van der Waals surface area contributed by atoms with Gasteiger partial charge in [-0.3, -0.25) is 14.2 Å². The van der Waals surface area contributed by atoms with Gasteiger partial charge in [-0.25, -0.2) is 4.79 Å². The molecular formula is C20H19N3O4. The minimum Gasteiger partial charge on any atom is -0.408 e. The number of carbonyl (C=O) groups excluding carboxylic acids is 2. The first kappa shape index (κ1) is 17.1. The second kappa shape index (κ2) is 6.75. The maximum atomic E-state index is 12.8. The second-order valence-electron chi connectivity index (χ2n) is 6.63. The van der Waals surface area contributed by atoms with Crippen LogP contribution in [0.25, 0.3) is 11.1 Å². The zero-order valence-corrected chi connectivity index (χ0v) is 14.9. The van der Waals surface area contributed by atoms with Gasteiger partial charge in [-0.05, 0) is 31.2 Å². The van der Waals surface area contributed by atoms with E-state index in [1.54, 1.807) is 29.2 Å². The lowest BCUT2D eigenvalue weighted by Crippen LogP contribution is -2.57. The molecule has 27 heavy (non-hydrogen) atoms. The molecule has 1 atom stereocenters. The van der Waals surface area contributed by atoms with Crippen molar-refractivity contribution in [1.29, 1.82) is 0 Å². The van der Waals surface area contributed by atoms with E-state index >= 15 is 0 Å². The van der Waals surface area contributed by atoms with Gasteiger partial charge in [-0.2, -0.15) is 0 Å². The molecule has 4 rings (SSSR count). The highest BCUT2D eigenvalue weighted by Gasteiger charge is 2.33. The first-order valence-electron chi connectivity index (χ1n) is 8.78. The van der Waals surface area contributed by atoms with Crippen molar-refractivity contribution in [3.63, 3.8) is 0 Å². The van der Waals surface area contributed by atoms with Crippen molar-refractivity contribution < 1.29 is 14.0 Å². The zero-order chi connectivity index (χ0) is 19.0. The minimum atomic E-state index is -0.577. The predicted molar refractivity (Wildman–Crippen MR) is 100 cm³/mol. The standard InChI is InChI=1S/C20H19N3O4/c1-14-11-22(15-7-3-2-4-8-15)19(25)12-21(14)18(24)13-23-16-9-5-6-10-17(16)27-20(23)26/h2-10,14H,11-13H2,1H3/t14-/m1/s1. The number of carbonyl (C=O) groups is 2. The molecule has 2 aromatic carbocycles. The third kappa shape index (κ3) is 3.12. The topological polar surface area (TPSA) is 75.8 Å². The number of para-hydroxylation sites is 3. The van der Waals surface area contributed by atoms with Crippen molar-refractivity contribution in [1.82, 2.24) is 9.47 Å². The van der Waals surface area contributed by atoms with Crippen LogP contribution in [0.5, 0.6) is 0 Å². The molecular weight excluding hydrogens is 346 g/mol. The molecule has 1 aliphatic heterocycles. The molecule has 3 aromatic rings. The van der Waals surface area contributed by atoms with Gasteiger partial charge in [0.1, 0.15) is 13.1 Å². The average molecular weight is 365 g/mol. The number of anilines is 1. The van der Waals surface area contributed by atoms with Crippen molar-refractivity contribution in [3.05, 3.63) is 65.1 Å². The fraction of sp³-hybridized carbons (Fsp3) is 0.250. The summed E-state index contributed by atoms with van der Waals surface area (Å²) in [6, 6.07) is 16.2. The first-order chi connectivity index (χ1) is 13.0. The van der Waals surface area contributed by atoms with Gasteiger partial charge in [0.05, 0.1) is 5.52 Å². The maximum absolute atomic E-state index is 12.8. The summed E-state index contributed by atoms with van der Waals surface area (Å²) >= 11 is 0. The Bertz CT molecular complexity index is 1050. The third-order valence-corrected chi connectivity index (χ3v) is 4.84. The van der Waals surface area contributed by atoms with Crippen LogP contribution in [0.1, 0.15) is 6.92 Å². The molecule has 1 aliphatic rings. The Balaban J connectivity index is 1.54. The zero-order valence-electron chi connectivity index (χ0n) is 14.9. The summed E-state index contributed by atoms with van der Waals surface area (Å²) in [6.07, 6.45) is 0. The van der Waals surface area contributed by atoms with Crippen LogP contribution in [-0.4, -0.2) is 40.4 Å². The Morgan fingerprint density at radius 2 is 1.78 bits per heavy atom. The van der Waals surface area contributed by atoms with Crippen LogP contribution < -0.4 is 10.7 Å². The average Bonchev–Trinajstić information content (AvgIpc) is 2.99. The molecule has 2 heterocycles. The molecule has 7 heteroatoms. The molecule has 2 amide bonds. The van der Waals surface area contributed by atoms with Crippen LogP contribution in [0.2, 0.25) is 0 Å². The van der Waals surface area contributed by atoms with Gasteiger partial charge in [-0.15, -0.1) is 0 Å². The van der Waals surface area contributed by atoms with Crippen LogP contribution in [0, 0.1) is 0 Å². The number of fused-ring (bicyclic) bond motifs is 1. The van der Waals surface area contributed by atoms with Crippen LogP contribution in [0.3, 0.4) is 0 Å². The molecule has 0 aliphatic carbocycles. The lowest BCUT2D eigenvalue weighted by Gasteiger charge is -2.39. The van der Waals surface area contributed by atoms with Gasteiger partial charge in [0.25, 0.3) is 0 Å². The number of benzene rings is 2. The molecule has 0 unspecified atom stereocenters. The number of nitrogens with zero attached hydrogens (tertiary/aromatic N) is 3. The van der Waals surface area contributed by atoms with Crippen LogP contribution >= 0.6 is 0 Å². The quantitative estimate of drug-likeness (QED) is 0.710. The van der Waals surface area contributed by atoms with E-state index in [-0.39, 0.29) is 30.9 Å². The monoisotopic (exact) mass is 365 g/mol. The van der Waals surface area contributed by atoms with Crippen molar-refractivity contribution in [2.45, 2.75) is 19.5 Å². The Kier molecular flexibility index (Phi) is 4.27. The van der Waals surface area contributed by atoms with E-state index in [4.69, 9.17) is 4.42 Å². The Hall–Kier alpha value is -3.35. The van der Waals surface area contributed by atoms with Gasteiger partial charge in [0.2, 0.25) is 11.8 Å². The Labute approximate surface area is 155 Å². The largest absolute Gasteiger partial charge is 0.420 e. The Morgan fingerprint density at radius 3 is 2.56 bits per heavy atom. The fourth-order valence-electron chi connectivity index (χ4n) is 3.43. The molecule has 0 bridgehead atoms.